The molecule has 3 rings (SSSR count). The Morgan fingerprint density at radius 1 is 1.14 bits per heavy atom. The SMILES string of the molecule is C[C@H](NC(=O)c1ccc(Cl)cc1)C(=O)Nc1cnn(CCN2CCCCC2)c1. The number of piperidine rings is 1. The third kappa shape index (κ3) is 5.81. The average Bonchev–Trinajstić information content (AvgIpc) is 3.15. The second-order valence-electron chi connectivity index (χ2n) is 7.09. The number of benzene rings is 1. The third-order valence-corrected chi connectivity index (χ3v) is 5.09. The number of halogens is 1. The van der Waals surface area contributed by atoms with E-state index in [1.807, 2.05) is 10.9 Å². The van der Waals surface area contributed by atoms with Gasteiger partial charge in [0.15, 0.2) is 0 Å². The molecule has 2 heterocycles. The van der Waals surface area contributed by atoms with Crippen molar-refractivity contribution in [3.8, 4) is 0 Å². The van der Waals surface area contributed by atoms with Crippen molar-refractivity contribution < 1.29 is 9.59 Å². The van der Waals surface area contributed by atoms with Gasteiger partial charge in [0.1, 0.15) is 6.04 Å². The van der Waals surface area contributed by atoms with Gasteiger partial charge in [0.25, 0.3) is 5.91 Å². The fourth-order valence-electron chi connectivity index (χ4n) is 3.17. The third-order valence-electron chi connectivity index (χ3n) is 4.84. The van der Waals surface area contributed by atoms with Crippen LogP contribution >= 0.6 is 11.6 Å². The van der Waals surface area contributed by atoms with Crippen LogP contribution in [0.4, 0.5) is 5.69 Å². The largest absolute Gasteiger partial charge is 0.341 e. The van der Waals surface area contributed by atoms with E-state index in [1.165, 1.54) is 19.3 Å². The van der Waals surface area contributed by atoms with Crippen LogP contribution in [0.15, 0.2) is 36.7 Å². The van der Waals surface area contributed by atoms with E-state index in [-0.39, 0.29) is 11.8 Å². The van der Waals surface area contributed by atoms with Gasteiger partial charge < -0.3 is 15.5 Å². The zero-order valence-electron chi connectivity index (χ0n) is 16.0. The fraction of sp³-hybridized carbons (Fsp3) is 0.450. The molecule has 8 heteroatoms. The van der Waals surface area contributed by atoms with Crippen molar-refractivity contribution in [1.29, 1.82) is 0 Å². The number of likely N-dealkylation sites (tertiary alicyclic amines) is 1. The lowest BCUT2D eigenvalue weighted by Crippen LogP contribution is -2.41. The maximum Gasteiger partial charge on any atom is 0.251 e. The lowest BCUT2D eigenvalue weighted by atomic mass is 10.1. The van der Waals surface area contributed by atoms with Crippen LogP contribution in [-0.2, 0) is 11.3 Å². The summed E-state index contributed by atoms with van der Waals surface area (Å²) < 4.78 is 1.83. The van der Waals surface area contributed by atoms with Gasteiger partial charge in [-0.25, -0.2) is 0 Å². The number of anilines is 1. The molecule has 0 spiro atoms. The second kappa shape index (κ2) is 9.71. The highest BCUT2D eigenvalue weighted by atomic mass is 35.5. The molecule has 2 N–H and O–H groups in total. The standard InChI is InChI=1S/C20H26ClN5O2/c1-15(23-20(28)16-5-7-17(21)8-6-16)19(27)24-18-13-22-26(14-18)12-11-25-9-3-2-4-10-25/h5-8,13-15H,2-4,9-12H2,1H3,(H,23,28)(H,24,27)/t15-/m0/s1. The Bertz CT molecular complexity index is 799. The van der Waals surface area contributed by atoms with E-state index in [0.717, 1.165) is 26.2 Å². The molecule has 1 aliphatic heterocycles. The number of nitrogens with one attached hydrogen (secondary N) is 2. The molecule has 1 atom stereocenters. The summed E-state index contributed by atoms with van der Waals surface area (Å²) in [7, 11) is 0. The number of carbonyl (C=O) groups is 2. The molecule has 0 bridgehead atoms. The Morgan fingerprint density at radius 2 is 1.86 bits per heavy atom. The minimum Gasteiger partial charge on any atom is -0.341 e. The second-order valence-corrected chi connectivity index (χ2v) is 7.52. The van der Waals surface area contributed by atoms with E-state index in [1.54, 1.807) is 37.4 Å². The van der Waals surface area contributed by atoms with Crippen molar-refractivity contribution in [2.24, 2.45) is 0 Å². The molecule has 1 saturated heterocycles. The highest BCUT2D eigenvalue weighted by molar-refractivity contribution is 6.30. The van der Waals surface area contributed by atoms with Crippen molar-refractivity contribution in [2.75, 3.05) is 25.0 Å². The number of hydrogen-bond donors (Lipinski definition) is 2. The molecular weight excluding hydrogens is 378 g/mol. The van der Waals surface area contributed by atoms with Crippen LogP contribution in [0.3, 0.4) is 0 Å². The van der Waals surface area contributed by atoms with E-state index >= 15 is 0 Å². The smallest absolute Gasteiger partial charge is 0.251 e. The van der Waals surface area contributed by atoms with Gasteiger partial charge in [0, 0.05) is 23.3 Å². The van der Waals surface area contributed by atoms with Crippen LogP contribution in [0.25, 0.3) is 0 Å². The molecule has 0 radical (unpaired) electrons. The van der Waals surface area contributed by atoms with Gasteiger partial charge in [-0.3, -0.25) is 14.3 Å². The van der Waals surface area contributed by atoms with Crippen LogP contribution in [-0.4, -0.2) is 52.2 Å². The zero-order chi connectivity index (χ0) is 19.9. The summed E-state index contributed by atoms with van der Waals surface area (Å²) in [5, 5.41) is 10.3. The average molecular weight is 404 g/mol. The Balaban J connectivity index is 1.46. The monoisotopic (exact) mass is 403 g/mol. The minimum absolute atomic E-state index is 0.294. The summed E-state index contributed by atoms with van der Waals surface area (Å²) in [5.74, 6) is -0.616. The van der Waals surface area contributed by atoms with Crippen LogP contribution < -0.4 is 10.6 Å². The van der Waals surface area contributed by atoms with Crippen LogP contribution in [0.5, 0.6) is 0 Å². The first kappa shape index (κ1) is 20.4. The van der Waals surface area contributed by atoms with Crippen LogP contribution in [0.2, 0.25) is 5.02 Å². The Hall–Kier alpha value is -2.38. The minimum atomic E-state index is -0.681. The van der Waals surface area contributed by atoms with Gasteiger partial charge in [-0.15, -0.1) is 0 Å². The van der Waals surface area contributed by atoms with E-state index in [0.29, 0.717) is 16.3 Å². The van der Waals surface area contributed by atoms with E-state index in [9.17, 15) is 9.59 Å². The molecule has 1 fully saturated rings. The first-order chi connectivity index (χ1) is 13.5. The summed E-state index contributed by atoms with van der Waals surface area (Å²) in [4.78, 5) is 27.0. The lowest BCUT2D eigenvalue weighted by Gasteiger charge is -2.26. The maximum absolute atomic E-state index is 12.4. The topological polar surface area (TPSA) is 79.3 Å². The predicted octanol–water partition coefficient (Wildman–Crippen LogP) is 2.78. The number of amides is 2. The summed E-state index contributed by atoms with van der Waals surface area (Å²) >= 11 is 5.82. The zero-order valence-corrected chi connectivity index (χ0v) is 16.8. The molecule has 150 valence electrons. The first-order valence-electron chi connectivity index (χ1n) is 9.63. The number of hydrogen-bond acceptors (Lipinski definition) is 4. The number of nitrogens with zero attached hydrogens (tertiary/aromatic N) is 3. The first-order valence-corrected chi connectivity index (χ1v) is 10.0. The Labute approximate surface area is 170 Å². The summed E-state index contributed by atoms with van der Waals surface area (Å²) in [6.45, 7) is 5.69. The van der Waals surface area contributed by atoms with Crippen LogP contribution in [0.1, 0.15) is 36.5 Å². The predicted molar refractivity (Wildman–Crippen MR) is 110 cm³/mol. The van der Waals surface area contributed by atoms with Gasteiger partial charge in [-0.1, -0.05) is 18.0 Å². The molecule has 1 aromatic heterocycles. The lowest BCUT2D eigenvalue weighted by molar-refractivity contribution is -0.117. The van der Waals surface area contributed by atoms with Gasteiger partial charge in [-0.05, 0) is 57.1 Å². The van der Waals surface area contributed by atoms with Crippen molar-refractivity contribution in [2.45, 2.75) is 38.8 Å². The highest BCUT2D eigenvalue weighted by Gasteiger charge is 2.17. The quantitative estimate of drug-likeness (QED) is 0.745. The fourth-order valence-corrected chi connectivity index (χ4v) is 3.30. The summed E-state index contributed by atoms with van der Waals surface area (Å²) in [6, 6.07) is 5.84. The molecule has 28 heavy (non-hydrogen) atoms. The summed E-state index contributed by atoms with van der Waals surface area (Å²) in [6.07, 6.45) is 7.29. The molecular formula is C20H26ClN5O2. The van der Waals surface area contributed by atoms with Gasteiger partial charge in [0.05, 0.1) is 18.4 Å². The van der Waals surface area contributed by atoms with E-state index < -0.39 is 6.04 Å². The molecule has 7 nitrogen and oxygen atoms in total. The highest BCUT2D eigenvalue weighted by Crippen LogP contribution is 2.11. The Kier molecular flexibility index (Phi) is 7.06. The van der Waals surface area contributed by atoms with Gasteiger partial charge >= 0.3 is 0 Å². The number of rotatable bonds is 7. The van der Waals surface area contributed by atoms with Crippen molar-refractivity contribution in [1.82, 2.24) is 20.0 Å². The molecule has 0 saturated carbocycles. The number of aromatic nitrogens is 2. The molecule has 2 aromatic rings. The molecule has 0 unspecified atom stereocenters. The molecule has 1 aliphatic rings. The van der Waals surface area contributed by atoms with Crippen molar-refractivity contribution in [3.05, 3.63) is 47.2 Å². The molecule has 0 aliphatic carbocycles. The van der Waals surface area contributed by atoms with Gasteiger partial charge in [-0.2, -0.15) is 5.10 Å². The molecule has 1 aromatic carbocycles. The van der Waals surface area contributed by atoms with E-state index in [4.69, 9.17) is 11.6 Å². The number of carbonyl (C=O) groups excluding carboxylic acids is 2. The van der Waals surface area contributed by atoms with Gasteiger partial charge in [0.2, 0.25) is 5.91 Å². The summed E-state index contributed by atoms with van der Waals surface area (Å²) in [5.41, 5.74) is 1.07. The van der Waals surface area contributed by atoms with Crippen molar-refractivity contribution in [3.63, 3.8) is 0 Å². The normalized spacial score (nSPS) is 15.8. The van der Waals surface area contributed by atoms with Crippen LogP contribution in [0, 0.1) is 0 Å². The Morgan fingerprint density at radius 3 is 2.57 bits per heavy atom. The molecule has 2 amide bonds. The maximum atomic E-state index is 12.4. The van der Waals surface area contributed by atoms with Crippen molar-refractivity contribution >= 4 is 29.1 Å². The van der Waals surface area contributed by atoms with E-state index in [2.05, 4.69) is 20.6 Å².